The number of aryl methyl sites for hydroxylation is 1. The van der Waals surface area contributed by atoms with E-state index in [0.717, 1.165) is 5.56 Å². The summed E-state index contributed by atoms with van der Waals surface area (Å²) in [6.45, 7) is 1.90. The summed E-state index contributed by atoms with van der Waals surface area (Å²) >= 11 is 0. The molecule has 1 unspecified atom stereocenters. The Hall–Kier alpha value is -3.62. The van der Waals surface area contributed by atoms with E-state index in [1.165, 1.54) is 12.1 Å². The van der Waals surface area contributed by atoms with Crippen molar-refractivity contribution in [3.05, 3.63) is 103 Å². The van der Waals surface area contributed by atoms with E-state index in [2.05, 4.69) is 0 Å². The first-order valence-electron chi connectivity index (χ1n) is 10.3. The van der Waals surface area contributed by atoms with Crippen LogP contribution in [0.15, 0.2) is 117 Å². The molecule has 34 heavy (non-hydrogen) atoms. The van der Waals surface area contributed by atoms with Crippen molar-refractivity contribution < 1.29 is 22.1 Å². The number of hydrogen-bond acceptors (Lipinski definition) is 6. The molecule has 0 saturated heterocycles. The second-order valence-electron chi connectivity index (χ2n) is 7.59. The second kappa shape index (κ2) is 9.32. The van der Waals surface area contributed by atoms with E-state index in [-0.39, 0.29) is 9.79 Å². The van der Waals surface area contributed by atoms with Crippen LogP contribution in [0.4, 0.5) is 0 Å². The molecular formula is C26H23NO5S2. The minimum absolute atomic E-state index is 0.174. The highest BCUT2D eigenvalue weighted by Gasteiger charge is 2.18. The van der Waals surface area contributed by atoms with Crippen LogP contribution >= 0.6 is 0 Å². The van der Waals surface area contributed by atoms with Crippen molar-refractivity contribution in [2.24, 2.45) is 0 Å². The molecule has 174 valence electrons. The Labute approximate surface area is 199 Å². The van der Waals surface area contributed by atoms with Gasteiger partial charge in [0.05, 0.1) is 26.7 Å². The molecule has 0 heterocycles. The van der Waals surface area contributed by atoms with Gasteiger partial charge in [-0.05, 0) is 91.9 Å². The molecule has 4 aromatic carbocycles. The smallest absolute Gasteiger partial charge is 0.206 e. The number of sulfone groups is 1. The average Bonchev–Trinajstić information content (AvgIpc) is 2.85. The summed E-state index contributed by atoms with van der Waals surface area (Å²) in [7, 11) is -5.25. The summed E-state index contributed by atoms with van der Waals surface area (Å²) in [6, 6.07) is 25.9. The first-order valence-corrected chi connectivity index (χ1v) is 13.4. The Morgan fingerprint density at radius 2 is 0.912 bits per heavy atom. The maximum atomic E-state index is 13.1. The van der Waals surface area contributed by atoms with Crippen molar-refractivity contribution in [3.63, 3.8) is 0 Å². The molecule has 8 heteroatoms. The Balaban J connectivity index is 1.50. The van der Waals surface area contributed by atoms with Gasteiger partial charge in [0.1, 0.15) is 27.0 Å². The van der Waals surface area contributed by atoms with Crippen LogP contribution in [-0.2, 0) is 19.6 Å². The van der Waals surface area contributed by atoms with Gasteiger partial charge in [0.15, 0.2) is 0 Å². The third-order valence-corrected chi connectivity index (χ3v) is 8.91. The monoisotopic (exact) mass is 493 g/mol. The summed E-state index contributed by atoms with van der Waals surface area (Å²) in [5.41, 5.74) is 0.985. The quantitative estimate of drug-likeness (QED) is 0.336. The third-order valence-electron chi connectivity index (χ3n) is 5.25. The van der Waals surface area contributed by atoms with Crippen molar-refractivity contribution in [2.75, 3.05) is 7.11 Å². The number of benzene rings is 4. The number of methoxy groups -OCH3 is 1. The van der Waals surface area contributed by atoms with Crippen molar-refractivity contribution in [3.8, 4) is 17.2 Å². The zero-order chi connectivity index (χ0) is 24.3. The summed E-state index contributed by atoms with van der Waals surface area (Å²) in [4.78, 5) is 1.14. The zero-order valence-electron chi connectivity index (χ0n) is 18.6. The van der Waals surface area contributed by atoms with Gasteiger partial charge in [-0.1, -0.05) is 17.7 Å². The highest BCUT2D eigenvalue weighted by molar-refractivity contribution is 7.92. The van der Waals surface area contributed by atoms with Crippen molar-refractivity contribution in [1.82, 2.24) is 0 Å². The van der Waals surface area contributed by atoms with Crippen LogP contribution in [0, 0.1) is 11.7 Å². The fourth-order valence-electron chi connectivity index (χ4n) is 3.28. The number of rotatable bonds is 7. The molecule has 0 saturated carbocycles. The van der Waals surface area contributed by atoms with E-state index in [1.807, 2.05) is 6.92 Å². The number of hydrogen-bond donors (Lipinski definition) is 1. The number of ether oxygens (including phenoxy) is 2. The lowest BCUT2D eigenvalue weighted by Gasteiger charge is -2.11. The predicted molar refractivity (Wildman–Crippen MR) is 130 cm³/mol. The third kappa shape index (κ3) is 4.83. The highest BCUT2D eigenvalue weighted by atomic mass is 32.2. The minimum atomic E-state index is -3.61. The van der Waals surface area contributed by atoms with Gasteiger partial charge in [0, 0.05) is 0 Å². The van der Waals surface area contributed by atoms with E-state index in [4.69, 9.17) is 14.3 Å². The van der Waals surface area contributed by atoms with Gasteiger partial charge in [-0.15, -0.1) is 0 Å². The highest BCUT2D eigenvalue weighted by Crippen LogP contribution is 2.29. The van der Waals surface area contributed by atoms with Gasteiger partial charge in [0.25, 0.3) is 0 Å². The first-order chi connectivity index (χ1) is 16.2. The maximum Gasteiger partial charge on any atom is 0.206 e. The predicted octanol–water partition coefficient (Wildman–Crippen LogP) is 6.09. The lowest BCUT2D eigenvalue weighted by molar-refractivity contribution is 0.414. The Morgan fingerprint density at radius 1 is 0.559 bits per heavy atom. The van der Waals surface area contributed by atoms with E-state index in [1.54, 1.807) is 92.0 Å². The van der Waals surface area contributed by atoms with Crippen LogP contribution in [0.5, 0.6) is 17.2 Å². The SMILES string of the molecule is COc1ccc(S(=N)(=O)c2ccc(Oc3ccc(S(=O)(=O)c4ccc(C)cc4)cc3)cc2)cc1. The summed E-state index contributed by atoms with van der Waals surface area (Å²) in [5, 5.41) is 0. The fourth-order valence-corrected chi connectivity index (χ4v) is 5.85. The average molecular weight is 494 g/mol. The van der Waals surface area contributed by atoms with E-state index < -0.39 is 19.6 Å². The van der Waals surface area contributed by atoms with Gasteiger partial charge < -0.3 is 9.47 Å². The molecule has 0 aliphatic carbocycles. The maximum absolute atomic E-state index is 13.1. The van der Waals surface area contributed by atoms with Crippen LogP contribution in [0.25, 0.3) is 0 Å². The summed E-state index contributed by atoms with van der Waals surface area (Å²) in [5.74, 6) is 1.56. The van der Waals surface area contributed by atoms with Crippen LogP contribution in [-0.4, -0.2) is 19.7 Å². The standard InChI is InChI=1S/C26H23NO5S2/c1-19-3-11-25(12-4-19)34(29,30)26-17-9-22(10-18-26)32-21-7-15-24(16-8-21)33(27,28)23-13-5-20(31-2)6-14-23/h3-18,27H,1-2H3. The summed E-state index contributed by atoms with van der Waals surface area (Å²) < 4.78 is 58.0. The molecule has 0 aliphatic rings. The van der Waals surface area contributed by atoms with Gasteiger partial charge in [-0.25, -0.2) is 17.4 Å². The van der Waals surface area contributed by atoms with E-state index in [9.17, 15) is 12.6 Å². The first kappa shape index (κ1) is 23.5. The molecule has 0 amide bonds. The minimum Gasteiger partial charge on any atom is -0.497 e. The molecular weight excluding hydrogens is 470 g/mol. The van der Waals surface area contributed by atoms with Crippen molar-refractivity contribution in [2.45, 2.75) is 26.5 Å². The van der Waals surface area contributed by atoms with Gasteiger partial charge >= 0.3 is 0 Å². The van der Waals surface area contributed by atoms with E-state index in [0.29, 0.717) is 27.0 Å². The molecule has 4 rings (SSSR count). The van der Waals surface area contributed by atoms with Crippen LogP contribution in [0.3, 0.4) is 0 Å². The van der Waals surface area contributed by atoms with Gasteiger partial charge in [0.2, 0.25) is 9.84 Å². The molecule has 0 bridgehead atoms. The molecule has 4 aromatic rings. The zero-order valence-corrected chi connectivity index (χ0v) is 20.2. The van der Waals surface area contributed by atoms with Gasteiger partial charge in [-0.3, -0.25) is 0 Å². The molecule has 0 spiro atoms. The topological polar surface area (TPSA) is 93.5 Å². The normalized spacial score (nSPS) is 13.1. The Morgan fingerprint density at radius 3 is 1.32 bits per heavy atom. The van der Waals surface area contributed by atoms with Crippen LogP contribution < -0.4 is 9.47 Å². The van der Waals surface area contributed by atoms with Crippen LogP contribution in [0.1, 0.15) is 5.56 Å². The van der Waals surface area contributed by atoms with Gasteiger partial charge in [-0.2, -0.15) is 0 Å². The largest absolute Gasteiger partial charge is 0.497 e. The molecule has 0 aromatic heterocycles. The van der Waals surface area contributed by atoms with Crippen LogP contribution in [0.2, 0.25) is 0 Å². The lowest BCUT2D eigenvalue weighted by Crippen LogP contribution is -2.02. The molecule has 1 atom stereocenters. The Bertz CT molecular complexity index is 1490. The van der Waals surface area contributed by atoms with Crippen molar-refractivity contribution >= 4 is 19.6 Å². The molecule has 0 radical (unpaired) electrons. The fraction of sp³-hybridized carbons (Fsp3) is 0.0769. The van der Waals surface area contributed by atoms with E-state index >= 15 is 0 Å². The lowest BCUT2D eigenvalue weighted by atomic mass is 10.2. The second-order valence-corrected chi connectivity index (χ2v) is 11.6. The van der Waals surface area contributed by atoms with Crippen molar-refractivity contribution in [1.29, 1.82) is 4.78 Å². The molecule has 0 aliphatic heterocycles. The molecule has 0 fully saturated rings. The Kier molecular flexibility index (Phi) is 6.45. The molecule has 6 nitrogen and oxygen atoms in total. The summed E-state index contributed by atoms with van der Waals surface area (Å²) in [6.07, 6.45) is 0. The molecule has 1 N–H and O–H groups in total. The number of nitrogens with one attached hydrogen (secondary N) is 1.